The molecule has 110 valence electrons. The zero-order valence-corrected chi connectivity index (χ0v) is 12.5. The lowest BCUT2D eigenvalue weighted by Gasteiger charge is -2.20. The van der Waals surface area contributed by atoms with Gasteiger partial charge in [0.1, 0.15) is 11.2 Å². The molecule has 0 amide bonds. The van der Waals surface area contributed by atoms with Gasteiger partial charge in [0, 0.05) is 4.90 Å². The minimum absolute atomic E-state index is 0.177. The first kappa shape index (κ1) is 16.5. The molecule has 0 N–H and O–H groups in total. The highest BCUT2D eigenvalue weighted by molar-refractivity contribution is 7.85. The molecule has 6 heteroatoms. The number of carbonyl (C=O) groups is 2. The van der Waals surface area contributed by atoms with E-state index in [1.54, 1.807) is 6.92 Å². The molecule has 0 aliphatic rings. The number of esters is 1. The fourth-order valence-corrected chi connectivity index (χ4v) is 2.60. The molecule has 0 radical (unpaired) electrons. The molecule has 0 spiro atoms. The second-order valence-corrected chi connectivity index (χ2v) is 6.16. The Kier molecular flexibility index (Phi) is 5.56. The Labute approximate surface area is 119 Å². The van der Waals surface area contributed by atoms with Gasteiger partial charge in [-0.05, 0) is 45.0 Å². The van der Waals surface area contributed by atoms with Crippen molar-refractivity contribution in [3.05, 3.63) is 30.1 Å². The number of carbonyl (C=O) groups excluding carboxylic acids is 2. The maximum atomic E-state index is 12.8. The van der Waals surface area contributed by atoms with Crippen LogP contribution < -0.4 is 0 Å². The predicted octanol–water partition coefficient (Wildman–Crippen LogP) is 2.09. The summed E-state index contributed by atoms with van der Waals surface area (Å²) >= 11 is 0. The van der Waals surface area contributed by atoms with Crippen LogP contribution >= 0.6 is 0 Å². The van der Waals surface area contributed by atoms with Crippen LogP contribution in [0.2, 0.25) is 0 Å². The van der Waals surface area contributed by atoms with Crippen LogP contribution in [0.1, 0.15) is 20.8 Å². The number of benzene rings is 1. The summed E-state index contributed by atoms with van der Waals surface area (Å²) in [6.45, 7) is 4.70. The summed E-state index contributed by atoms with van der Waals surface area (Å²) in [4.78, 5) is 24.1. The molecule has 0 bridgehead atoms. The number of rotatable bonds is 6. The summed E-state index contributed by atoms with van der Waals surface area (Å²) in [6, 6.07) is 5.06. The fourth-order valence-electron chi connectivity index (χ4n) is 1.39. The standard InChI is InChI=1S/C14H17FO4S/c1-4-19-13(17)14(2,3)12(16)9-20(18)11-7-5-10(15)6-8-11/h5-8H,4,9H2,1-3H3. The minimum atomic E-state index is -1.61. The lowest BCUT2D eigenvalue weighted by atomic mass is 9.89. The molecule has 0 heterocycles. The van der Waals surface area contributed by atoms with Crippen molar-refractivity contribution in [2.45, 2.75) is 25.7 Å². The first-order valence-corrected chi connectivity index (χ1v) is 7.45. The molecule has 1 atom stereocenters. The van der Waals surface area contributed by atoms with E-state index in [0.717, 1.165) is 0 Å². The SMILES string of the molecule is CCOC(=O)C(C)(C)C(=O)CS(=O)c1ccc(F)cc1. The maximum Gasteiger partial charge on any atom is 0.319 e. The molecule has 0 aliphatic carbocycles. The van der Waals surface area contributed by atoms with Gasteiger partial charge in [-0.25, -0.2) is 4.39 Å². The zero-order chi connectivity index (χ0) is 15.3. The molecule has 0 aromatic heterocycles. The number of Topliss-reactive ketones (excluding diaryl/α,β-unsaturated/α-hetero) is 1. The number of halogens is 1. The Morgan fingerprint density at radius 1 is 1.25 bits per heavy atom. The average Bonchev–Trinajstić information content (AvgIpc) is 2.39. The molecule has 1 unspecified atom stereocenters. The highest BCUT2D eigenvalue weighted by Gasteiger charge is 2.37. The Balaban J connectivity index is 2.77. The molecule has 0 aliphatic heterocycles. The Morgan fingerprint density at radius 3 is 2.30 bits per heavy atom. The van der Waals surface area contributed by atoms with Gasteiger partial charge in [0.25, 0.3) is 0 Å². The fraction of sp³-hybridized carbons (Fsp3) is 0.429. The topological polar surface area (TPSA) is 60.4 Å². The van der Waals surface area contributed by atoms with Crippen molar-refractivity contribution < 1.29 is 22.9 Å². The van der Waals surface area contributed by atoms with Crippen molar-refractivity contribution in [3.63, 3.8) is 0 Å². The van der Waals surface area contributed by atoms with E-state index in [2.05, 4.69) is 0 Å². The molecule has 0 saturated heterocycles. The zero-order valence-electron chi connectivity index (χ0n) is 11.6. The Bertz CT molecular complexity index is 522. The smallest absolute Gasteiger partial charge is 0.319 e. The van der Waals surface area contributed by atoms with Crippen molar-refractivity contribution in [2.75, 3.05) is 12.4 Å². The second kappa shape index (κ2) is 6.74. The predicted molar refractivity (Wildman–Crippen MR) is 73.1 cm³/mol. The molecular weight excluding hydrogens is 283 g/mol. The molecular formula is C14H17FO4S. The third-order valence-corrected chi connectivity index (χ3v) is 4.14. The van der Waals surface area contributed by atoms with E-state index in [1.807, 2.05) is 0 Å². The van der Waals surface area contributed by atoms with Gasteiger partial charge < -0.3 is 4.74 Å². The van der Waals surface area contributed by atoms with Crippen molar-refractivity contribution in [1.82, 2.24) is 0 Å². The summed E-state index contributed by atoms with van der Waals surface area (Å²) in [5.74, 6) is -1.86. The quantitative estimate of drug-likeness (QED) is 0.596. The molecule has 4 nitrogen and oxygen atoms in total. The van der Waals surface area contributed by atoms with Crippen molar-refractivity contribution >= 4 is 22.6 Å². The van der Waals surface area contributed by atoms with E-state index in [4.69, 9.17) is 4.74 Å². The highest BCUT2D eigenvalue weighted by Crippen LogP contribution is 2.21. The van der Waals surface area contributed by atoms with E-state index in [1.165, 1.54) is 38.1 Å². The maximum absolute atomic E-state index is 12.8. The van der Waals surface area contributed by atoms with Crippen LogP contribution in [0.15, 0.2) is 29.2 Å². The van der Waals surface area contributed by atoms with Gasteiger partial charge in [-0.2, -0.15) is 0 Å². The lowest BCUT2D eigenvalue weighted by molar-refractivity contribution is -0.157. The first-order valence-electron chi connectivity index (χ1n) is 6.13. The Morgan fingerprint density at radius 2 is 1.80 bits per heavy atom. The van der Waals surface area contributed by atoms with Crippen LogP contribution in [0.5, 0.6) is 0 Å². The van der Waals surface area contributed by atoms with Crippen LogP contribution in [0.4, 0.5) is 4.39 Å². The summed E-state index contributed by atoms with van der Waals surface area (Å²) in [7, 11) is -1.61. The molecule has 1 aromatic carbocycles. The highest BCUT2D eigenvalue weighted by atomic mass is 32.2. The summed E-state index contributed by atoms with van der Waals surface area (Å²) < 4.78 is 29.6. The van der Waals surface area contributed by atoms with E-state index >= 15 is 0 Å². The second-order valence-electron chi connectivity index (χ2n) is 4.71. The van der Waals surface area contributed by atoms with E-state index in [9.17, 15) is 18.2 Å². The number of ether oxygens (including phenoxy) is 1. The van der Waals surface area contributed by atoms with Crippen LogP contribution in [0.3, 0.4) is 0 Å². The molecule has 20 heavy (non-hydrogen) atoms. The normalized spacial score (nSPS) is 12.8. The average molecular weight is 300 g/mol. The van der Waals surface area contributed by atoms with Gasteiger partial charge in [-0.15, -0.1) is 0 Å². The van der Waals surface area contributed by atoms with E-state index in [0.29, 0.717) is 4.90 Å². The summed E-state index contributed by atoms with van der Waals surface area (Å²) in [6.07, 6.45) is 0. The molecule has 0 saturated carbocycles. The van der Waals surface area contributed by atoms with Crippen molar-refractivity contribution in [1.29, 1.82) is 0 Å². The summed E-state index contributed by atoms with van der Waals surface area (Å²) in [5, 5.41) is 0. The monoisotopic (exact) mass is 300 g/mol. The summed E-state index contributed by atoms with van der Waals surface area (Å²) in [5.41, 5.74) is -1.34. The van der Waals surface area contributed by atoms with Crippen molar-refractivity contribution in [3.8, 4) is 0 Å². The van der Waals surface area contributed by atoms with Gasteiger partial charge in [-0.3, -0.25) is 13.8 Å². The van der Waals surface area contributed by atoms with Crippen LogP contribution in [-0.4, -0.2) is 28.3 Å². The lowest BCUT2D eigenvalue weighted by Crippen LogP contribution is -2.37. The number of hydrogen-bond donors (Lipinski definition) is 0. The van der Waals surface area contributed by atoms with Gasteiger partial charge in [0.2, 0.25) is 0 Å². The Hall–Kier alpha value is -1.56. The van der Waals surface area contributed by atoms with Gasteiger partial charge in [0.05, 0.1) is 23.2 Å². The number of ketones is 1. The van der Waals surface area contributed by atoms with Crippen LogP contribution in [0.25, 0.3) is 0 Å². The van der Waals surface area contributed by atoms with E-state index in [-0.39, 0.29) is 12.4 Å². The largest absolute Gasteiger partial charge is 0.465 e. The van der Waals surface area contributed by atoms with Crippen LogP contribution in [0, 0.1) is 11.2 Å². The first-order chi connectivity index (χ1) is 9.28. The third kappa shape index (κ3) is 3.96. The molecule has 1 aromatic rings. The van der Waals surface area contributed by atoms with Gasteiger partial charge in [-0.1, -0.05) is 0 Å². The molecule has 1 rings (SSSR count). The van der Waals surface area contributed by atoms with E-state index < -0.39 is 33.8 Å². The van der Waals surface area contributed by atoms with Crippen LogP contribution in [-0.2, 0) is 25.1 Å². The number of hydrogen-bond acceptors (Lipinski definition) is 4. The third-order valence-electron chi connectivity index (χ3n) is 2.82. The van der Waals surface area contributed by atoms with Gasteiger partial charge >= 0.3 is 5.97 Å². The van der Waals surface area contributed by atoms with Gasteiger partial charge in [0.15, 0.2) is 5.78 Å². The van der Waals surface area contributed by atoms with Crippen molar-refractivity contribution in [2.24, 2.45) is 5.41 Å². The minimum Gasteiger partial charge on any atom is -0.465 e. The molecule has 0 fully saturated rings.